The maximum Gasteiger partial charge on any atom is 0.319 e. The quantitative estimate of drug-likeness (QED) is 0.861. The SMILES string of the molecule is COC(=O)[C@]1(C)c2ccccc2C[C@@]1(O)c1ccccc1. The molecule has 0 aromatic heterocycles. The summed E-state index contributed by atoms with van der Waals surface area (Å²) in [5, 5.41) is 11.4. The monoisotopic (exact) mass is 282 g/mol. The number of methoxy groups -OCH3 is 1. The van der Waals surface area contributed by atoms with Crippen molar-refractivity contribution in [3.63, 3.8) is 0 Å². The Balaban J connectivity index is 2.25. The zero-order valence-corrected chi connectivity index (χ0v) is 12.2. The molecule has 3 nitrogen and oxygen atoms in total. The number of carbonyl (C=O) groups excluding carboxylic acids is 1. The molecule has 0 heterocycles. The van der Waals surface area contributed by atoms with Crippen molar-refractivity contribution in [3.8, 4) is 0 Å². The molecule has 1 aliphatic rings. The van der Waals surface area contributed by atoms with Crippen molar-refractivity contribution in [2.75, 3.05) is 7.11 Å². The van der Waals surface area contributed by atoms with Gasteiger partial charge in [0.2, 0.25) is 0 Å². The third kappa shape index (κ3) is 1.74. The first-order chi connectivity index (χ1) is 10.0. The molecule has 0 fully saturated rings. The van der Waals surface area contributed by atoms with Crippen molar-refractivity contribution in [2.45, 2.75) is 24.4 Å². The molecule has 1 aliphatic carbocycles. The molecule has 3 rings (SSSR count). The predicted molar refractivity (Wildman–Crippen MR) is 79.9 cm³/mol. The number of hydrogen-bond acceptors (Lipinski definition) is 3. The first-order valence-electron chi connectivity index (χ1n) is 6.99. The van der Waals surface area contributed by atoms with Gasteiger partial charge < -0.3 is 9.84 Å². The Labute approximate surface area is 124 Å². The summed E-state index contributed by atoms with van der Waals surface area (Å²) < 4.78 is 5.01. The van der Waals surface area contributed by atoms with E-state index in [2.05, 4.69) is 0 Å². The van der Waals surface area contributed by atoms with Crippen LogP contribution in [0.1, 0.15) is 23.6 Å². The van der Waals surface area contributed by atoms with Crippen LogP contribution in [0.25, 0.3) is 0 Å². The first kappa shape index (κ1) is 13.8. The molecule has 1 N–H and O–H groups in total. The number of carbonyl (C=O) groups is 1. The van der Waals surface area contributed by atoms with Crippen molar-refractivity contribution in [1.29, 1.82) is 0 Å². The Kier molecular flexibility index (Phi) is 3.10. The van der Waals surface area contributed by atoms with Crippen LogP contribution in [0.5, 0.6) is 0 Å². The second kappa shape index (κ2) is 4.71. The zero-order valence-electron chi connectivity index (χ0n) is 12.2. The largest absolute Gasteiger partial charge is 0.468 e. The molecule has 2 aromatic carbocycles. The van der Waals surface area contributed by atoms with Gasteiger partial charge in [0.25, 0.3) is 0 Å². The lowest BCUT2D eigenvalue weighted by Crippen LogP contribution is -2.50. The first-order valence-corrected chi connectivity index (χ1v) is 6.99. The van der Waals surface area contributed by atoms with Gasteiger partial charge in [-0.2, -0.15) is 0 Å². The maximum absolute atomic E-state index is 12.5. The minimum absolute atomic E-state index is 0.402. The lowest BCUT2D eigenvalue weighted by Gasteiger charge is -2.38. The van der Waals surface area contributed by atoms with E-state index in [4.69, 9.17) is 4.74 Å². The number of fused-ring (bicyclic) bond motifs is 1. The van der Waals surface area contributed by atoms with Crippen molar-refractivity contribution < 1.29 is 14.6 Å². The Hall–Kier alpha value is -2.13. The van der Waals surface area contributed by atoms with Crippen LogP contribution in [-0.2, 0) is 27.0 Å². The average molecular weight is 282 g/mol. The third-order valence-corrected chi connectivity index (χ3v) is 4.67. The van der Waals surface area contributed by atoms with E-state index in [1.165, 1.54) is 7.11 Å². The van der Waals surface area contributed by atoms with Gasteiger partial charge in [-0.3, -0.25) is 4.79 Å². The fourth-order valence-corrected chi connectivity index (χ4v) is 3.42. The van der Waals surface area contributed by atoms with Crippen LogP contribution >= 0.6 is 0 Å². The average Bonchev–Trinajstić information content (AvgIpc) is 2.78. The molecule has 108 valence electrons. The van der Waals surface area contributed by atoms with E-state index in [1.54, 1.807) is 6.92 Å². The van der Waals surface area contributed by atoms with Gasteiger partial charge in [0.1, 0.15) is 11.0 Å². The molecule has 0 radical (unpaired) electrons. The topological polar surface area (TPSA) is 46.5 Å². The molecule has 0 saturated heterocycles. The number of aliphatic hydroxyl groups is 1. The van der Waals surface area contributed by atoms with Crippen LogP contribution in [0.15, 0.2) is 54.6 Å². The molecule has 0 amide bonds. The molecule has 2 atom stereocenters. The van der Waals surface area contributed by atoms with Gasteiger partial charge in [-0.25, -0.2) is 0 Å². The fourth-order valence-electron chi connectivity index (χ4n) is 3.42. The summed E-state index contributed by atoms with van der Waals surface area (Å²) in [6.45, 7) is 1.76. The van der Waals surface area contributed by atoms with Crippen LogP contribution in [0, 0.1) is 0 Å². The summed E-state index contributed by atoms with van der Waals surface area (Å²) in [6.07, 6.45) is 0.402. The molecule has 0 aliphatic heterocycles. The maximum atomic E-state index is 12.5. The molecule has 3 heteroatoms. The van der Waals surface area contributed by atoms with E-state index in [1.807, 2.05) is 54.6 Å². The van der Waals surface area contributed by atoms with E-state index in [9.17, 15) is 9.90 Å². The lowest BCUT2D eigenvalue weighted by molar-refractivity contribution is -0.158. The normalized spacial score (nSPS) is 27.2. The number of benzene rings is 2. The van der Waals surface area contributed by atoms with E-state index in [0.29, 0.717) is 6.42 Å². The van der Waals surface area contributed by atoms with Crippen LogP contribution in [-0.4, -0.2) is 18.2 Å². The third-order valence-electron chi connectivity index (χ3n) is 4.67. The smallest absolute Gasteiger partial charge is 0.319 e. The van der Waals surface area contributed by atoms with E-state index in [-0.39, 0.29) is 0 Å². The summed E-state index contributed by atoms with van der Waals surface area (Å²) in [6, 6.07) is 17.0. The molecule has 0 spiro atoms. The van der Waals surface area contributed by atoms with Crippen molar-refractivity contribution in [3.05, 3.63) is 71.3 Å². The number of esters is 1. The predicted octanol–water partition coefficient (Wildman–Crippen LogP) is 2.56. The molecule has 0 unspecified atom stereocenters. The molecule has 0 saturated carbocycles. The molecular formula is C18H18O3. The Morgan fingerprint density at radius 1 is 1.10 bits per heavy atom. The van der Waals surface area contributed by atoms with Gasteiger partial charge in [-0.15, -0.1) is 0 Å². The standard InChI is InChI=1S/C18H18O3/c1-17(16(19)21-2)15-11-7-6-8-13(15)12-18(17,20)14-9-4-3-5-10-14/h3-11,20H,12H2,1-2H3/t17-,18+/m0/s1. The fraction of sp³-hybridized carbons (Fsp3) is 0.278. The van der Waals surface area contributed by atoms with Crippen LogP contribution in [0.4, 0.5) is 0 Å². The van der Waals surface area contributed by atoms with Gasteiger partial charge in [0.15, 0.2) is 0 Å². The number of hydrogen-bond donors (Lipinski definition) is 1. The summed E-state index contributed by atoms with van der Waals surface area (Å²) in [5.74, 6) is -0.418. The zero-order chi connectivity index (χ0) is 15.1. The lowest BCUT2D eigenvalue weighted by atomic mass is 9.69. The van der Waals surface area contributed by atoms with Crippen LogP contribution in [0.3, 0.4) is 0 Å². The highest BCUT2D eigenvalue weighted by Gasteiger charge is 2.60. The van der Waals surface area contributed by atoms with E-state index >= 15 is 0 Å². The Morgan fingerprint density at radius 3 is 2.38 bits per heavy atom. The second-order valence-corrected chi connectivity index (χ2v) is 5.68. The minimum atomic E-state index is -1.30. The van der Waals surface area contributed by atoms with E-state index < -0.39 is 17.0 Å². The van der Waals surface area contributed by atoms with Gasteiger partial charge in [-0.1, -0.05) is 54.6 Å². The van der Waals surface area contributed by atoms with Crippen molar-refractivity contribution in [2.24, 2.45) is 0 Å². The highest BCUT2D eigenvalue weighted by Crippen LogP contribution is 2.52. The molecular weight excluding hydrogens is 264 g/mol. The van der Waals surface area contributed by atoms with Gasteiger partial charge in [0.05, 0.1) is 7.11 Å². The molecule has 21 heavy (non-hydrogen) atoms. The molecule has 0 bridgehead atoms. The summed E-state index contributed by atoms with van der Waals surface area (Å²) in [4.78, 5) is 12.5. The van der Waals surface area contributed by atoms with E-state index in [0.717, 1.165) is 16.7 Å². The second-order valence-electron chi connectivity index (χ2n) is 5.68. The van der Waals surface area contributed by atoms with Gasteiger partial charge in [0, 0.05) is 6.42 Å². The summed E-state index contributed by atoms with van der Waals surface area (Å²) in [7, 11) is 1.36. The molecule has 2 aromatic rings. The Bertz CT molecular complexity index is 680. The Morgan fingerprint density at radius 2 is 1.71 bits per heavy atom. The van der Waals surface area contributed by atoms with Crippen molar-refractivity contribution >= 4 is 5.97 Å². The highest BCUT2D eigenvalue weighted by atomic mass is 16.5. The van der Waals surface area contributed by atoms with Gasteiger partial charge in [-0.05, 0) is 23.6 Å². The van der Waals surface area contributed by atoms with Crippen molar-refractivity contribution in [1.82, 2.24) is 0 Å². The summed E-state index contributed by atoms with van der Waals surface area (Å²) >= 11 is 0. The van der Waals surface area contributed by atoms with Gasteiger partial charge >= 0.3 is 5.97 Å². The highest BCUT2D eigenvalue weighted by molar-refractivity contribution is 5.87. The number of ether oxygens (including phenoxy) is 1. The van der Waals surface area contributed by atoms with Crippen LogP contribution < -0.4 is 0 Å². The minimum Gasteiger partial charge on any atom is -0.468 e. The number of rotatable bonds is 2. The summed E-state index contributed by atoms with van der Waals surface area (Å²) in [5.41, 5.74) is 0.138. The van der Waals surface area contributed by atoms with Crippen LogP contribution in [0.2, 0.25) is 0 Å².